The molecule has 3 aromatic carbocycles. The van der Waals surface area contributed by atoms with Crippen LogP contribution in [-0.2, 0) is 24.0 Å². The van der Waals surface area contributed by atoms with Crippen molar-refractivity contribution in [2.45, 2.75) is 95.7 Å². The Morgan fingerprint density at radius 3 is 1.38 bits per heavy atom. The third-order valence-electron chi connectivity index (χ3n) is 9.56. The Morgan fingerprint density at radius 2 is 1.08 bits per heavy atom. The number of rotatable bonds is 5. The Kier molecular flexibility index (Phi) is 42.8. The Balaban J connectivity index is -0.000000247. The first kappa shape index (κ1) is 73.9. The van der Waals surface area contributed by atoms with E-state index in [1.807, 2.05) is 138 Å². The fraction of sp³-hybridized carbons (Fsp3) is 0.500. The number of fused-ring (bicyclic) bond motifs is 2. The van der Waals surface area contributed by atoms with Crippen LogP contribution < -0.4 is 16.4 Å². The molecule has 0 aliphatic carbocycles. The van der Waals surface area contributed by atoms with E-state index in [1.165, 1.54) is 38.2 Å². The minimum absolute atomic E-state index is 0. The summed E-state index contributed by atoms with van der Waals surface area (Å²) in [5.41, 5.74) is 10.3. The Hall–Kier alpha value is -7.07. The SMILES string of the molecule is C.C.CC(=O)N(C)C(C)N.CC(=O)N(C)C(C)n1nnc2ccccc21.CC=O.CN=C(N(C)C)N(C)C(C)N(C)C(C)=O.CNC(=S)N(C)C.CNC(C)=O.Cc1ccccc1.c1ccc2n[nH]nc2c1. The normalized spacial score (nSPS) is 10.6. The highest BCUT2D eigenvalue weighted by atomic mass is 32.1. The van der Waals surface area contributed by atoms with Gasteiger partial charge in [0.1, 0.15) is 35.2 Å². The van der Waals surface area contributed by atoms with E-state index >= 15 is 0 Å². The van der Waals surface area contributed by atoms with Crippen LogP contribution in [0.3, 0.4) is 0 Å². The third-order valence-corrected chi connectivity index (χ3v) is 10.1. The summed E-state index contributed by atoms with van der Waals surface area (Å²) in [6.45, 7) is 15.2. The van der Waals surface area contributed by atoms with Gasteiger partial charge in [0.15, 0.2) is 11.1 Å². The quantitative estimate of drug-likeness (QED) is 0.0541. The molecule has 3 unspecified atom stereocenters. The lowest BCUT2D eigenvalue weighted by Gasteiger charge is -2.36. The number of aliphatic imine (C=N–C) groups is 1. The number of nitrogens with two attached hydrogens (primary N) is 1. The second kappa shape index (κ2) is 41.7. The number of aromatic amines is 1. The molecule has 21 nitrogen and oxygen atoms in total. The monoisotopic (exact) mass is 1030 g/mol. The molecule has 0 saturated carbocycles. The lowest BCUT2D eigenvalue weighted by molar-refractivity contribution is -0.132. The fourth-order valence-corrected chi connectivity index (χ4v) is 4.78. The van der Waals surface area contributed by atoms with Crippen LogP contribution in [0.5, 0.6) is 0 Å². The first-order chi connectivity index (χ1) is 32.7. The molecule has 5 aromatic rings. The number of hydrogen-bond acceptors (Lipinski definition) is 12. The molecule has 0 bridgehead atoms. The van der Waals surface area contributed by atoms with Gasteiger partial charge in [-0.2, -0.15) is 15.4 Å². The number of carbonyl (C=O) groups excluding carboxylic acids is 5. The molecule has 22 heteroatoms. The lowest BCUT2D eigenvalue weighted by Crippen LogP contribution is -2.51. The molecule has 0 aliphatic heterocycles. The van der Waals surface area contributed by atoms with Crippen molar-refractivity contribution in [3.8, 4) is 0 Å². The molecule has 0 aliphatic rings. The van der Waals surface area contributed by atoms with E-state index in [0.29, 0.717) is 0 Å². The van der Waals surface area contributed by atoms with Crippen LogP contribution in [0.4, 0.5) is 0 Å². The number of H-pyrrole nitrogens is 1. The van der Waals surface area contributed by atoms with E-state index in [4.69, 9.17) is 22.7 Å². The standard InChI is InChI=1S/C11H14N4O.C10H22N4O.C7H8.C6H5N3.C5H12N2O.C4H10N2S.C3H7NO.C2H4O.2CH4/c1-8(14(3)9(2)16)15-11-7-5-4-6-10(11)12-13-15;1-8(13(6)9(2)15)14(7)10(11-3)12(4)5;1-7-5-3-2-4-6-7;1-2-4-6-5(3-1)7-9-8-6;1-4(6)7(3)5(2)8;1-5-4(7)6(2)3;1-3(5)4-2;1-2-3;;/h4-8H,1-3H3;8H,1-7H3;2-6H,1H3;1-4H,(H,7,8,9);4H,6H2,1-3H3;1-3H3,(H,5,7);1-2H3,(H,4,5);2H,1H3;2*1H4. The second-order valence-corrected chi connectivity index (χ2v) is 15.8. The minimum atomic E-state index is -0.174. The van der Waals surface area contributed by atoms with Crippen LogP contribution in [0.15, 0.2) is 83.9 Å². The highest BCUT2D eigenvalue weighted by Gasteiger charge is 2.20. The topological polar surface area (TPSA) is 240 Å². The summed E-state index contributed by atoms with van der Waals surface area (Å²) >= 11 is 4.79. The summed E-state index contributed by atoms with van der Waals surface area (Å²) in [4.78, 5) is 66.1. The first-order valence-electron chi connectivity index (χ1n) is 22.1. The summed E-state index contributed by atoms with van der Waals surface area (Å²) < 4.78 is 1.75. The van der Waals surface area contributed by atoms with E-state index in [9.17, 15) is 19.2 Å². The number of thiocarbonyl (C=S) groups is 1. The van der Waals surface area contributed by atoms with Crippen LogP contribution in [0.25, 0.3) is 22.1 Å². The number of aldehydes is 1. The molecule has 4 amide bonds. The van der Waals surface area contributed by atoms with Gasteiger partial charge in [-0.05, 0) is 71.1 Å². The van der Waals surface area contributed by atoms with Crippen molar-refractivity contribution < 1.29 is 24.0 Å². The fourth-order valence-electron chi connectivity index (χ4n) is 4.78. The molecule has 0 fully saturated rings. The Morgan fingerprint density at radius 1 is 0.681 bits per heavy atom. The molecule has 0 radical (unpaired) electrons. The van der Waals surface area contributed by atoms with E-state index in [1.54, 1.807) is 63.6 Å². The predicted octanol–water partition coefficient (Wildman–Crippen LogP) is 5.72. The van der Waals surface area contributed by atoms with Crippen LogP contribution in [0.2, 0.25) is 0 Å². The molecule has 3 atom stereocenters. The van der Waals surface area contributed by atoms with Crippen molar-refractivity contribution in [2.24, 2.45) is 10.7 Å². The number of nitrogens with one attached hydrogen (secondary N) is 3. The van der Waals surface area contributed by atoms with Gasteiger partial charge in [-0.3, -0.25) is 24.2 Å². The van der Waals surface area contributed by atoms with Crippen LogP contribution in [-0.4, -0.2) is 191 Å². The summed E-state index contributed by atoms with van der Waals surface area (Å²) in [6, 6.07) is 25.7. The zero-order chi connectivity index (χ0) is 54.7. The van der Waals surface area contributed by atoms with Crippen molar-refractivity contribution in [1.82, 2.24) is 70.4 Å². The lowest BCUT2D eigenvalue weighted by atomic mass is 10.2. The Bertz CT molecular complexity index is 2240. The maximum absolute atomic E-state index is 11.3. The molecular formula is C50H90N16O5S. The number of para-hydroxylation sites is 3. The largest absolute Gasteiger partial charge is 0.366 e. The molecule has 406 valence electrons. The molecule has 0 saturated heterocycles. The van der Waals surface area contributed by atoms with Crippen molar-refractivity contribution in [1.29, 1.82) is 0 Å². The second-order valence-electron chi connectivity index (χ2n) is 15.4. The van der Waals surface area contributed by atoms with Crippen LogP contribution in [0.1, 0.15) is 82.0 Å². The maximum Gasteiger partial charge on any atom is 0.220 e. The minimum Gasteiger partial charge on any atom is -0.366 e. The average Bonchev–Trinajstić information content (AvgIpc) is 3.99. The van der Waals surface area contributed by atoms with E-state index in [-0.39, 0.29) is 57.0 Å². The van der Waals surface area contributed by atoms with Gasteiger partial charge < -0.3 is 50.6 Å². The van der Waals surface area contributed by atoms with Gasteiger partial charge in [0.2, 0.25) is 23.6 Å². The van der Waals surface area contributed by atoms with Gasteiger partial charge in [0, 0.05) is 105 Å². The number of nitrogens with zero attached hydrogens (tertiary/aromatic N) is 12. The van der Waals surface area contributed by atoms with Crippen molar-refractivity contribution >= 4 is 75.3 Å². The predicted molar refractivity (Wildman–Crippen MR) is 301 cm³/mol. The van der Waals surface area contributed by atoms with Crippen molar-refractivity contribution in [3.63, 3.8) is 0 Å². The van der Waals surface area contributed by atoms with Crippen molar-refractivity contribution in [2.75, 3.05) is 77.5 Å². The molecular weight excluding hydrogens is 937 g/mol. The number of carbonyl (C=O) groups is 5. The zero-order valence-corrected chi connectivity index (χ0v) is 46.0. The van der Waals surface area contributed by atoms with Crippen molar-refractivity contribution in [3.05, 3.63) is 84.4 Å². The Labute approximate surface area is 436 Å². The molecule has 2 heterocycles. The summed E-state index contributed by atoms with van der Waals surface area (Å²) in [5.74, 6) is 0.899. The van der Waals surface area contributed by atoms with Crippen LogP contribution >= 0.6 is 12.2 Å². The summed E-state index contributed by atoms with van der Waals surface area (Å²) in [7, 11) is 19.9. The number of guanidine groups is 1. The smallest absolute Gasteiger partial charge is 0.220 e. The van der Waals surface area contributed by atoms with E-state index in [2.05, 4.69) is 60.4 Å². The van der Waals surface area contributed by atoms with Crippen LogP contribution in [0, 0.1) is 6.92 Å². The highest BCUT2D eigenvalue weighted by molar-refractivity contribution is 7.80. The zero-order valence-electron chi connectivity index (χ0n) is 45.2. The van der Waals surface area contributed by atoms with Gasteiger partial charge in [0.25, 0.3) is 0 Å². The number of amides is 4. The summed E-state index contributed by atoms with van der Waals surface area (Å²) in [5, 5.41) is 24.4. The van der Waals surface area contributed by atoms with E-state index in [0.717, 1.165) is 39.4 Å². The molecule has 5 N–H and O–H groups in total. The third kappa shape index (κ3) is 31.2. The molecule has 5 rings (SSSR count). The molecule has 2 aromatic heterocycles. The summed E-state index contributed by atoms with van der Waals surface area (Å²) in [6.07, 6.45) is 0.431. The first-order valence-corrected chi connectivity index (χ1v) is 22.5. The molecule has 0 spiro atoms. The average molecular weight is 1030 g/mol. The van der Waals surface area contributed by atoms with Gasteiger partial charge in [-0.15, -0.1) is 5.10 Å². The molecule has 72 heavy (non-hydrogen) atoms. The van der Waals surface area contributed by atoms with Gasteiger partial charge in [-0.25, -0.2) is 4.68 Å². The van der Waals surface area contributed by atoms with Gasteiger partial charge in [0.05, 0.1) is 11.7 Å². The van der Waals surface area contributed by atoms with Gasteiger partial charge >= 0.3 is 0 Å². The van der Waals surface area contributed by atoms with Gasteiger partial charge in [-0.1, -0.05) is 80.2 Å². The number of aryl methyl sites for hydroxylation is 1. The highest BCUT2D eigenvalue weighted by Crippen LogP contribution is 2.17. The number of aromatic nitrogens is 6. The maximum atomic E-state index is 11.3. The van der Waals surface area contributed by atoms with E-state index < -0.39 is 0 Å². The number of hydrogen-bond donors (Lipinski definition) is 4. The number of benzene rings is 3.